The van der Waals surface area contributed by atoms with Gasteiger partial charge in [-0.2, -0.15) is 0 Å². The summed E-state index contributed by atoms with van der Waals surface area (Å²) in [6.07, 6.45) is 0.647. The summed E-state index contributed by atoms with van der Waals surface area (Å²) in [7, 11) is 3.29. The predicted molar refractivity (Wildman–Crippen MR) is 54.5 cm³/mol. The summed E-state index contributed by atoms with van der Waals surface area (Å²) in [6, 6.07) is 5.88. The molecule has 0 saturated carbocycles. The van der Waals surface area contributed by atoms with Crippen LogP contribution in [0.1, 0.15) is 11.1 Å². The fraction of sp³-hybridized carbons (Fsp3) is 0.455. The largest absolute Gasteiger partial charge is 0.497 e. The van der Waals surface area contributed by atoms with E-state index in [-0.39, 0.29) is 6.61 Å². The van der Waals surface area contributed by atoms with Crippen molar-refractivity contribution in [3.63, 3.8) is 0 Å². The fourth-order valence-corrected chi connectivity index (χ4v) is 1.37. The molecule has 1 rings (SSSR count). The molecule has 0 atom stereocenters. The zero-order chi connectivity index (χ0) is 10.4. The third-order valence-corrected chi connectivity index (χ3v) is 1.97. The molecule has 0 aromatic heterocycles. The Morgan fingerprint density at radius 2 is 1.86 bits per heavy atom. The Morgan fingerprint density at radius 3 is 2.43 bits per heavy atom. The van der Waals surface area contributed by atoms with Crippen LogP contribution in [0.2, 0.25) is 0 Å². The molecule has 0 radical (unpaired) electrons. The van der Waals surface area contributed by atoms with E-state index >= 15 is 0 Å². The van der Waals surface area contributed by atoms with Crippen molar-refractivity contribution in [2.45, 2.75) is 13.0 Å². The number of hydrogen-bond donors (Lipinski definition) is 1. The average molecular weight is 196 g/mol. The Labute approximate surface area is 84.3 Å². The summed E-state index contributed by atoms with van der Waals surface area (Å²) < 4.78 is 10.2. The van der Waals surface area contributed by atoms with Crippen LogP contribution in [-0.4, -0.2) is 25.9 Å². The second kappa shape index (κ2) is 5.62. The van der Waals surface area contributed by atoms with E-state index in [1.54, 1.807) is 14.2 Å². The Kier molecular flexibility index (Phi) is 4.43. The first kappa shape index (κ1) is 11.0. The Morgan fingerprint density at radius 1 is 1.14 bits per heavy atom. The smallest absolute Gasteiger partial charge is 0.119 e. The van der Waals surface area contributed by atoms with Gasteiger partial charge in [-0.1, -0.05) is 6.07 Å². The topological polar surface area (TPSA) is 38.7 Å². The molecule has 78 valence electrons. The lowest BCUT2D eigenvalue weighted by molar-refractivity contribution is 0.184. The van der Waals surface area contributed by atoms with Crippen LogP contribution in [0.15, 0.2) is 18.2 Å². The zero-order valence-corrected chi connectivity index (χ0v) is 8.62. The molecule has 0 unspecified atom stereocenters. The normalized spacial score (nSPS) is 10.2. The van der Waals surface area contributed by atoms with Gasteiger partial charge in [0.05, 0.1) is 13.7 Å². The van der Waals surface area contributed by atoms with Crippen molar-refractivity contribution in [3.8, 4) is 5.75 Å². The van der Waals surface area contributed by atoms with E-state index in [1.165, 1.54) is 0 Å². The van der Waals surface area contributed by atoms with Crippen LogP contribution < -0.4 is 4.74 Å². The number of rotatable bonds is 5. The van der Waals surface area contributed by atoms with Gasteiger partial charge in [0.1, 0.15) is 5.75 Å². The number of methoxy groups -OCH3 is 2. The van der Waals surface area contributed by atoms with E-state index in [4.69, 9.17) is 14.6 Å². The van der Waals surface area contributed by atoms with E-state index in [9.17, 15) is 0 Å². The van der Waals surface area contributed by atoms with Crippen molar-refractivity contribution in [2.24, 2.45) is 0 Å². The SMILES string of the molecule is COCc1cc(CCO)cc(OC)c1. The van der Waals surface area contributed by atoms with Crippen molar-refractivity contribution >= 4 is 0 Å². The molecule has 14 heavy (non-hydrogen) atoms. The maximum atomic E-state index is 8.83. The second-order valence-corrected chi connectivity index (χ2v) is 3.10. The van der Waals surface area contributed by atoms with Crippen molar-refractivity contribution in [2.75, 3.05) is 20.8 Å². The summed E-state index contributed by atoms with van der Waals surface area (Å²) >= 11 is 0. The fourth-order valence-electron chi connectivity index (χ4n) is 1.37. The van der Waals surface area contributed by atoms with Gasteiger partial charge < -0.3 is 14.6 Å². The van der Waals surface area contributed by atoms with Crippen molar-refractivity contribution in [3.05, 3.63) is 29.3 Å². The van der Waals surface area contributed by atoms with Gasteiger partial charge in [0, 0.05) is 13.7 Å². The standard InChI is InChI=1S/C11H16O3/c1-13-8-10-5-9(3-4-12)6-11(7-10)14-2/h5-7,12H,3-4,8H2,1-2H3. The van der Waals surface area contributed by atoms with Crippen LogP contribution in [0.25, 0.3) is 0 Å². The molecule has 0 bridgehead atoms. The molecule has 3 heteroatoms. The third-order valence-electron chi connectivity index (χ3n) is 1.97. The average Bonchev–Trinajstić information content (AvgIpc) is 2.18. The van der Waals surface area contributed by atoms with Crippen LogP contribution in [0.5, 0.6) is 5.75 Å². The molecular formula is C11H16O3. The molecule has 3 nitrogen and oxygen atoms in total. The van der Waals surface area contributed by atoms with Gasteiger partial charge in [0.15, 0.2) is 0 Å². The van der Waals surface area contributed by atoms with Gasteiger partial charge in [-0.15, -0.1) is 0 Å². The van der Waals surface area contributed by atoms with Crippen LogP contribution in [0, 0.1) is 0 Å². The monoisotopic (exact) mass is 196 g/mol. The van der Waals surface area contributed by atoms with Crippen molar-refractivity contribution in [1.29, 1.82) is 0 Å². The lowest BCUT2D eigenvalue weighted by Gasteiger charge is -2.07. The Hall–Kier alpha value is -1.06. The summed E-state index contributed by atoms with van der Waals surface area (Å²) in [5, 5.41) is 8.83. The number of aliphatic hydroxyl groups is 1. The Balaban J connectivity index is 2.88. The highest BCUT2D eigenvalue weighted by molar-refractivity contribution is 5.34. The molecule has 0 amide bonds. The highest BCUT2D eigenvalue weighted by Gasteiger charge is 2.00. The summed E-state index contributed by atoms with van der Waals surface area (Å²) in [5.74, 6) is 0.808. The lowest BCUT2D eigenvalue weighted by Crippen LogP contribution is -1.96. The number of hydrogen-bond acceptors (Lipinski definition) is 3. The third kappa shape index (κ3) is 3.01. The van der Waals surface area contributed by atoms with Gasteiger partial charge in [0.2, 0.25) is 0 Å². The molecule has 1 aromatic rings. The van der Waals surface area contributed by atoms with Gasteiger partial charge in [-0.3, -0.25) is 0 Å². The van der Waals surface area contributed by atoms with Crippen LogP contribution in [-0.2, 0) is 17.8 Å². The zero-order valence-electron chi connectivity index (χ0n) is 8.62. The molecule has 1 aromatic carbocycles. The van der Waals surface area contributed by atoms with Gasteiger partial charge in [-0.05, 0) is 29.7 Å². The first-order valence-corrected chi connectivity index (χ1v) is 4.56. The minimum Gasteiger partial charge on any atom is -0.497 e. The lowest BCUT2D eigenvalue weighted by atomic mass is 10.1. The molecule has 0 aliphatic rings. The molecule has 0 spiro atoms. The van der Waals surface area contributed by atoms with E-state index in [1.807, 2.05) is 18.2 Å². The molecule has 0 fully saturated rings. The minimum absolute atomic E-state index is 0.152. The van der Waals surface area contributed by atoms with Crippen LogP contribution in [0.4, 0.5) is 0 Å². The second-order valence-electron chi connectivity index (χ2n) is 3.10. The predicted octanol–water partition coefficient (Wildman–Crippen LogP) is 1.38. The van der Waals surface area contributed by atoms with Gasteiger partial charge in [0.25, 0.3) is 0 Å². The number of ether oxygens (including phenoxy) is 2. The van der Waals surface area contributed by atoms with Crippen LogP contribution >= 0.6 is 0 Å². The number of benzene rings is 1. The highest BCUT2D eigenvalue weighted by Crippen LogP contribution is 2.17. The molecule has 0 aliphatic heterocycles. The van der Waals surface area contributed by atoms with Crippen molar-refractivity contribution < 1.29 is 14.6 Å². The summed E-state index contributed by atoms with van der Waals surface area (Å²) in [6.45, 7) is 0.717. The van der Waals surface area contributed by atoms with E-state index in [0.717, 1.165) is 16.9 Å². The van der Waals surface area contributed by atoms with Gasteiger partial charge in [-0.25, -0.2) is 0 Å². The minimum atomic E-state index is 0.152. The molecule has 0 aliphatic carbocycles. The first-order valence-electron chi connectivity index (χ1n) is 4.56. The molecule has 0 heterocycles. The van der Waals surface area contributed by atoms with Crippen LogP contribution in [0.3, 0.4) is 0 Å². The highest BCUT2D eigenvalue weighted by atomic mass is 16.5. The maximum absolute atomic E-state index is 8.83. The van der Waals surface area contributed by atoms with E-state index in [0.29, 0.717) is 13.0 Å². The van der Waals surface area contributed by atoms with Gasteiger partial charge >= 0.3 is 0 Å². The molecule has 1 N–H and O–H groups in total. The summed E-state index contributed by atoms with van der Waals surface area (Å²) in [4.78, 5) is 0. The molecule has 0 saturated heterocycles. The summed E-state index contributed by atoms with van der Waals surface area (Å²) in [5.41, 5.74) is 2.13. The van der Waals surface area contributed by atoms with E-state index < -0.39 is 0 Å². The Bertz CT molecular complexity index is 260. The molecular weight excluding hydrogens is 180 g/mol. The maximum Gasteiger partial charge on any atom is 0.119 e. The number of aliphatic hydroxyl groups excluding tert-OH is 1. The quantitative estimate of drug-likeness (QED) is 0.773. The first-order chi connectivity index (χ1) is 6.80. The van der Waals surface area contributed by atoms with E-state index in [2.05, 4.69) is 0 Å². The van der Waals surface area contributed by atoms with Crippen molar-refractivity contribution in [1.82, 2.24) is 0 Å².